The molecule has 0 spiro atoms. The highest BCUT2D eigenvalue weighted by molar-refractivity contribution is 9.10. The van der Waals surface area contributed by atoms with E-state index in [0.29, 0.717) is 18.2 Å². The number of halogens is 1. The van der Waals surface area contributed by atoms with Gasteiger partial charge in [-0.15, -0.1) is 0 Å². The van der Waals surface area contributed by atoms with Crippen LogP contribution >= 0.6 is 27.3 Å². The van der Waals surface area contributed by atoms with E-state index < -0.39 is 0 Å². The van der Waals surface area contributed by atoms with Crippen molar-refractivity contribution < 1.29 is 9.90 Å². The van der Waals surface area contributed by atoms with Gasteiger partial charge in [0, 0.05) is 17.1 Å². The highest BCUT2D eigenvalue weighted by Gasteiger charge is 2.34. The fourth-order valence-electron chi connectivity index (χ4n) is 2.17. The number of nitrogens with zero attached hydrogens (tertiary/aromatic N) is 1. The molecule has 0 radical (unpaired) electrons. The Morgan fingerprint density at radius 1 is 1.40 bits per heavy atom. The van der Waals surface area contributed by atoms with Crippen molar-refractivity contribution in [3.8, 4) is 5.75 Å². The van der Waals surface area contributed by atoms with E-state index >= 15 is 0 Å². The molecular formula is C15H14BrNO2S. The molecule has 1 aromatic carbocycles. The zero-order valence-corrected chi connectivity index (χ0v) is 13.2. The number of carbonyl (C=O) groups is 1. The predicted molar refractivity (Wildman–Crippen MR) is 83.0 cm³/mol. The number of hydrogen-bond acceptors (Lipinski definition) is 3. The zero-order chi connectivity index (χ0) is 14.1. The molecule has 1 saturated carbocycles. The molecular weight excluding hydrogens is 338 g/mol. The lowest BCUT2D eigenvalue weighted by Crippen LogP contribution is -2.32. The fraction of sp³-hybridized carbons (Fsp3) is 0.267. The first kappa shape index (κ1) is 13.6. The minimum Gasteiger partial charge on any atom is -0.507 e. The van der Waals surface area contributed by atoms with Crippen LogP contribution in [0.2, 0.25) is 0 Å². The van der Waals surface area contributed by atoms with Gasteiger partial charge < -0.3 is 10.0 Å². The van der Waals surface area contributed by atoms with Crippen LogP contribution in [0.3, 0.4) is 0 Å². The Bertz CT molecular complexity index is 623. The maximum absolute atomic E-state index is 12.6. The maximum Gasteiger partial charge on any atom is 0.258 e. The summed E-state index contributed by atoms with van der Waals surface area (Å²) >= 11 is 4.92. The first-order chi connectivity index (χ1) is 9.65. The van der Waals surface area contributed by atoms with Gasteiger partial charge in [-0.2, -0.15) is 11.3 Å². The summed E-state index contributed by atoms with van der Waals surface area (Å²) in [4.78, 5) is 14.5. The standard InChI is InChI=1S/C15H14BrNO2S/c16-11-1-4-13(14(18)7-11)15(19)17(12-2-3-12)8-10-5-6-20-9-10/h1,4-7,9,12,18H,2-3,8H2. The van der Waals surface area contributed by atoms with Gasteiger partial charge in [0.1, 0.15) is 5.75 Å². The third-order valence-corrected chi connectivity index (χ3v) is 4.60. The highest BCUT2D eigenvalue weighted by atomic mass is 79.9. The van der Waals surface area contributed by atoms with Gasteiger partial charge in [-0.1, -0.05) is 15.9 Å². The molecule has 1 aromatic heterocycles. The maximum atomic E-state index is 12.6. The lowest BCUT2D eigenvalue weighted by molar-refractivity contribution is 0.0727. The first-order valence-corrected chi connectivity index (χ1v) is 8.19. The summed E-state index contributed by atoms with van der Waals surface area (Å²) in [5.74, 6) is -0.0657. The van der Waals surface area contributed by atoms with E-state index in [1.807, 2.05) is 16.3 Å². The van der Waals surface area contributed by atoms with Crippen LogP contribution in [0.1, 0.15) is 28.8 Å². The molecule has 0 saturated heterocycles. The molecule has 3 nitrogen and oxygen atoms in total. The number of amides is 1. The number of phenols is 1. The average molecular weight is 352 g/mol. The molecule has 0 bridgehead atoms. The second-order valence-electron chi connectivity index (χ2n) is 4.96. The zero-order valence-electron chi connectivity index (χ0n) is 10.8. The van der Waals surface area contributed by atoms with Gasteiger partial charge >= 0.3 is 0 Å². The van der Waals surface area contributed by atoms with E-state index in [-0.39, 0.29) is 11.7 Å². The van der Waals surface area contributed by atoms with Crippen molar-refractivity contribution in [1.29, 1.82) is 0 Å². The van der Waals surface area contributed by atoms with Crippen LogP contribution in [-0.4, -0.2) is 22.0 Å². The smallest absolute Gasteiger partial charge is 0.258 e. The second-order valence-corrected chi connectivity index (χ2v) is 6.65. The van der Waals surface area contributed by atoms with Crippen molar-refractivity contribution >= 4 is 33.2 Å². The molecule has 0 atom stereocenters. The minimum absolute atomic E-state index is 0.0281. The third-order valence-electron chi connectivity index (χ3n) is 3.37. The Labute approximate surface area is 130 Å². The molecule has 1 amide bonds. The van der Waals surface area contributed by atoms with Crippen LogP contribution in [0, 0.1) is 0 Å². The van der Waals surface area contributed by atoms with E-state index in [2.05, 4.69) is 21.3 Å². The van der Waals surface area contributed by atoms with Crippen molar-refractivity contribution in [2.75, 3.05) is 0 Å². The summed E-state index contributed by atoms with van der Waals surface area (Å²) in [6.07, 6.45) is 2.10. The molecule has 20 heavy (non-hydrogen) atoms. The van der Waals surface area contributed by atoms with Crippen LogP contribution in [0.5, 0.6) is 5.75 Å². The number of phenolic OH excluding ortho intramolecular Hbond substituents is 1. The lowest BCUT2D eigenvalue weighted by atomic mass is 10.1. The third kappa shape index (κ3) is 2.88. The van der Waals surface area contributed by atoms with Crippen LogP contribution in [-0.2, 0) is 6.54 Å². The molecule has 1 N–H and O–H groups in total. The van der Waals surface area contributed by atoms with E-state index in [1.165, 1.54) is 0 Å². The Hall–Kier alpha value is -1.33. The van der Waals surface area contributed by atoms with Crippen LogP contribution in [0.4, 0.5) is 0 Å². The van der Waals surface area contributed by atoms with E-state index in [9.17, 15) is 9.90 Å². The summed E-state index contributed by atoms with van der Waals surface area (Å²) < 4.78 is 0.766. The molecule has 5 heteroatoms. The summed E-state index contributed by atoms with van der Waals surface area (Å²) in [5.41, 5.74) is 1.52. The van der Waals surface area contributed by atoms with Crippen molar-refractivity contribution in [3.63, 3.8) is 0 Å². The fourth-order valence-corrected chi connectivity index (χ4v) is 3.18. The molecule has 1 heterocycles. The largest absolute Gasteiger partial charge is 0.507 e. The Morgan fingerprint density at radius 3 is 2.80 bits per heavy atom. The van der Waals surface area contributed by atoms with Crippen LogP contribution in [0.25, 0.3) is 0 Å². The summed E-state index contributed by atoms with van der Waals surface area (Å²) in [5, 5.41) is 14.0. The van der Waals surface area contributed by atoms with Crippen molar-refractivity contribution in [3.05, 3.63) is 50.6 Å². The van der Waals surface area contributed by atoms with Crippen LogP contribution < -0.4 is 0 Å². The van der Waals surface area contributed by atoms with Crippen molar-refractivity contribution in [1.82, 2.24) is 4.90 Å². The van der Waals surface area contributed by atoms with Gasteiger partial charge in [-0.05, 0) is 53.4 Å². The second kappa shape index (κ2) is 5.58. The highest BCUT2D eigenvalue weighted by Crippen LogP contribution is 2.32. The molecule has 1 aliphatic rings. The molecule has 3 rings (SSSR count). The normalized spacial score (nSPS) is 14.2. The Kier molecular flexibility index (Phi) is 3.81. The minimum atomic E-state index is -0.0938. The van der Waals surface area contributed by atoms with E-state index in [4.69, 9.17) is 0 Å². The molecule has 1 fully saturated rings. The van der Waals surface area contributed by atoms with Crippen LogP contribution in [0.15, 0.2) is 39.5 Å². The Balaban J connectivity index is 1.85. The van der Waals surface area contributed by atoms with Crippen molar-refractivity contribution in [2.45, 2.75) is 25.4 Å². The molecule has 0 unspecified atom stereocenters. The van der Waals surface area contributed by atoms with E-state index in [0.717, 1.165) is 22.9 Å². The Morgan fingerprint density at radius 2 is 2.20 bits per heavy atom. The number of aromatic hydroxyl groups is 1. The number of thiophene rings is 1. The molecule has 104 valence electrons. The van der Waals surface area contributed by atoms with Gasteiger partial charge in [0.05, 0.1) is 5.56 Å². The SMILES string of the molecule is O=C(c1ccc(Br)cc1O)N(Cc1ccsc1)C1CC1. The van der Waals surface area contributed by atoms with E-state index in [1.54, 1.807) is 29.5 Å². The molecule has 0 aliphatic heterocycles. The lowest BCUT2D eigenvalue weighted by Gasteiger charge is -2.22. The number of rotatable bonds is 4. The van der Waals surface area contributed by atoms with Crippen molar-refractivity contribution in [2.24, 2.45) is 0 Å². The topological polar surface area (TPSA) is 40.5 Å². The van der Waals surface area contributed by atoms with Gasteiger partial charge in [-0.3, -0.25) is 4.79 Å². The number of hydrogen-bond donors (Lipinski definition) is 1. The van der Waals surface area contributed by atoms with Gasteiger partial charge in [0.25, 0.3) is 5.91 Å². The summed E-state index contributed by atoms with van der Waals surface area (Å²) in [7, 11) is 0. The molecule has 1 aliphatic carbocycles. The van der Waals surface area contributed by atoms with Gasteiger partial charge in [-0.25, -0.2) is 0 Å². The quantitative estimate of drug-likeness (QED) is 0.903. The average Bonchev–Trinajstić information content (AvgIpc) is 3.12. The number of benzene rings is 1. The van der Waals surface area contributed by atoms with Gasteiger partial charge in [0.15, 0.2) is 0 Å². The first-order valence-electron chi connectivity index (χ1n) is 6.45. The predicted octanol–water partition coefficient (Wildman–Crippen LogP) is 4.02. The van der Waals surface area contributed by atoms with Gasteiger partial charge in [0.2, 0.25) is 0 Å². The summed E-state index contributed by atoms with van der Waals surface area (Å²) in [6.45, 7) is 0.614. The monoisotopic (exact) mass is 351 g/mol. The number of carbonyl (C=O) groups excluding carboxylic acids is 1. The molecule has 2 aromatic rings. The summed E-state index contributed by atoms with van der Waals surface area (Å²) in [6, 6.07) is 7.36.